The summed E-state index contributed by atoms with van der Waals surface area (Å²) in [7, 11) is 0. The molecule has 0 aliphatic heterocycles. The zero-order valence-corrected chi connectivity index (χ0v) is 16.3. The van der Waals surface area contributed by atoms with Crippen LogP contribution in [0.1, 0.15) is 43.1 Å². The molecule has 0 aliphatic carbocycles. The molecule has 0 radical (unpaired) electrons. The van der Waals surface area contributed by atoms with Crippen molar-refractivity contribution in [2.75, 3.05) is 18.4 Å². The summed E-state index contributed by atoms with van der Waals surface area (Å²) < 4.78 is 40.5. The quantitative estimate of drug-likeness (QED) is 0.530. The van der Waals surface area contributed by atoms with Crippen molar-refractivity contribution in [3.63, 3.8) is 0 Å². The molecule has 8 heteroatoms. The van der Waals surface area contributed by atoms with Crippen LogP contribution in [0.3, 0.4) is 0 Å². The molecule has 1 aromatic carbocycles. The van der Waals surface area contributed by atoms with Gasteiger partial charge in [-0.15, -0.1) is 0 Å². The summed E-state index contributed by atoms with van der Waals surface area (Å²) in [6.07, 6.45) is -3.24. The molecule has 30 heavy (non-hydrogen) atoms. The molecule has 0 amide bonds. The number of hydrogen-bond acceptors (Lipinski definition) is 5. The van der Waals surface area contributed by atoms with E-state index in [0.29, 0.717) is 18.8 Å². The van der Waals surface area contributed by atoms with Gasteiger partial charge in [-0.3, -0.25) is 9.78 Å². The summed E-state index contributed by atoms with van der Waals surface area (Å²) in [6.45, 7) is 2.27. The van der Waals surface area contributed by atoms with Crippen molar-refractivity contribution in [2.24, 2.45) is 5.73 Å². The molecule has 1 atom stereocenters. The maximum atomic E-state index is 13.5. The molecule has 0 saturated heterocycles. The monoisotopic (exact) mass is 420 g/mol. The van der Waals surface area contributed by atoms with E-state index in [0.717, 1.165) is 11.6 Å². The van der Waals surface area contributed by atoms with E-state index >= 15 is 0 Å². The number of alkyl halides is 3. The molecule has 3 N–H and O–H groups in total. The number of carbonyl (C=O) groups is 1. The fourth-order valence-corrected chi connectivity index (χ4v) is 3.10. The smallest absolute Gasteiger partial charge is 0.369 e. The second kappa shape index (κ2) is 9.04. The van der Waals surface area contributed by atoms with Gasteiger partial charge in [0.15, 0.2) is 0 Å². The average Bonchev–Trinajstić information content (AvgIpc) is 2.74. The Bertz CT molecular complexity index is 1040. The standard InChI is InChI=1S/C22H21F3N4O.3H2/c1-14-17(8-5-11-27-14)21(30)20-18(22(23,24)25)9-10-19(29-20)28-13-16(12-26)15-6-3-2-4-7-15;;;/h2-11,16H,12-13,26H2,1H3,(H,28,29);3*1H. The van der Waals surface area contributed by atoms with Crippen molar-refractivity contribution in [3.8, 4) is 0 Å². The van der Waals surface area contributed by atoms with Gasteiger partial charge in [-0.05, 0) is 36.8 Å². The molecule has 162 valence electrons. The molecule has 0 spiro atoms. The Morgan fingerprint density at radius 3 is 2.50 bits per heavy atom. The van der Waals surface area contributed by atoms with Crippen molar-refractivity contribution >= 4 is 11.6 Å². The van der Waals surface area contributed by atoms with E-state index in [1.165, 1.54) is 24.4 Å². The van der Waals surface area contributed by atoms with Gasteiger partial charge in [0.25, 0.3) is 0 Å². The lowest BCUT2D eigenvalue weighted by Crippen LogP contribution is -2.22. The Hall–Kier alpha value is -3.26. The lowest BCUT2D eigenvalue weighted by Gasteiger charge is -2.18. The third kappa shape index (κ3) is 4.83. The van der Waals surface area contributed by atoms with Crippen LogP contribution in [0.5, 0.6) is 0 Å². The molecule has 3 aromatic rings. The van der Waals surface area contributed by atoms with Gasteiger partial charge in [-0.2, -0.15) is 13.2 Å². The Morgan fingerprint density at radius 1 is 1.13 bits per heavy atom. The van der Waals surface area contributed by atoms with Gasteiger partial charge in [0.2, 0.25) is 5.78 Å². The fourth-order valence-electron chi connectivity index (χ4n) is 3.10. The molecule has 1 unspecified atom stereocenters. The lowest BCUT2D eigenvalue weighted by atomic mass is 9.99. The molecule has 0 aliphatic rings. The number of aryl methyl sites for hydroxylation is 1. The Labute approximate surface area is 176 Å². The van der Waals surface area contributed by atoms with Gasteiger partial charge in [-0.25, -0.2) is 4.98 Å². The summed E-state index contributed by atoms with van der Waals surface area (Å²) in [4.78, 5) is 20.8. The summed E-state index contributed by atoms with van der Waals surface area (Å²) in [5, 5.41) is 3.01. The predicted octanol–water partition coefficient (Wildman–Crippen LogP) is 4.93. The van der Waals surface area contributed by atoms with E-state index in [2.05, 4.69) is 15.3 Å². The van der Waals surface area contributed by atoms with E-state index in [4.69, 9.17) is 5.73 Å². The van der Waals surface area contributed by atoms with Crippen LogP contribution in [0.15, 0.2) is 60.8 Å². The molecular formula is C22H27F3N4O. The van der Waals surface area contributed by atoms with Crippen LogP contribution in [-0.4, -0.2) is 28.8 Å². The largest absolute Gasteiger partial charge is 0.418 e. The van der Waals surface area contributed by atoms with Crippen molar-refractivity contribution in [1.29, 1.82) is 0 Å². The Kier molecular flexibility index (Phi) is 6.47. The van der Waals surface area contributed by atoms with Crippen LogP contribution >= 0.6 is 0 Å². The van der Waals surface area contributed by atoms with E-state index in [-0.39, 0.29) is 21.6 Å². The van der Waals surface area contributed by atoms with E-state index in [1.807, 2.05) is 30.3 Å². The van der Waals surface area contributed by atoms with Gasteiger partial charge in [0.05, 0.1) is 5.56 Å². The van der Waals surface area contributed by atoms with Gasteiger partial charge in [0, 0.05) is 40.7 Å². The zero-order chi connectivity index (χ0) is 21.7. The third-order valence-electron chi connectivity index (χ3n) is 4.75. The van der Waals surface area contributed by atoms with Crippen LogP contribution in [0.4, 0.5) is 19.0 Å². The maximum Gasteiger partial charge on any atom is 0.418 e. The van der Waals surface area contributed by atoms with E-state index in [9.17, 15) is 18.0 Å². The predicted molar refractivity (Wildman–Crippen MR) is 115 cm³/mol. The molecule has 2 heterocycles. The fraction of sp³-hybridized carbons (Fsp3) is 0.227. The highest BCUT2D eigenvalue weighted by atomic mass is 19.4. The lowest BCUT2D eigenvalue weighted by molar-refractivity contribution is -0.138. The topological polar surface area (TPSA) is 80.9 Å². The number of nitrogens with one attached hydrogen (secondary N) is 1. The molecule has 0 fully saturated rings. The van der Waals surface area contributed by atoms with Crippen LogP contribution in [0, 0.1) is 6.92 Å². The number of aromatic nitrogens is 2. The summed E-state index contributed by atoms with van der Waals surface area (Å²) in [5.74, 6) is -0.715. The van der Waals surface area contributed by atoms with Gasteiger partial charge in [0.1, 0.15) is 11.5 Å². The molecular weight excluding hydrogens is 393 g/mol. The van der Waals surface area contributed by atoms with E-state index in [1.54, 1.807) is 6.92 Å². The number of nitrogens with zero attached hydrogens (tertiary/aromatic N) is 2. The van der Waals surface area contributed by atoms with Crippen LogP contribution in [0.25, 0.3) is 0 Å². The number of nitrogens with two attached hydrogens (primary N) is 1. The number of halogens is 3. The molecule has 0 bridgehead atoms. The first-order valence-corrected chi connectivity index (χ1v) is 9.34. The normalized spacial score (nSPS) is 12.4. The SMILES string of the molecule is Cc1ncccc1C(=O)c1nc(NCC(CN)c2ccccc2)ccc1C(F)(F)F.[HH].[HH].[HH]. The second-order valence-electron chi connectivity index (χ2n) is 6.78. The highest BCUT2D eigenvalue weighted by Crippen LogP contribution is 2.33. The minimum absolute atomic E-state index is 0. The Morgan fingerprint density at radius 2 is 1.87 bits per heavy atom. The van der Waals surface area contributed by atoms with Crippen LogP contribution in [-0.2, 0) is 6.18 Å². The van der Waals surface area contributed by atoms with Gasteiger partial charge in [-0.1, -0.05) is 30.3 Å². The minimum atomic E-state index is -4.71. The van der Waals surface area contributed by atoms with Crippen LogP contribution in [0.2, 0.25) is 0 Å². The first kappa shape index (κ1) is 21.4. The van der Waals surface area contributed by atoms with Gasteiger partial charge < -0.3 is 11.1 Å². The van der Waals surface area contributed by atoms with E-state index < -0.39 is 23.2 Å². The first-order valence-electron chi connectivity index (χ1n) is 9.34. The average molecular weight is 420 g/mol. The highest BCUT2D eigenvalue weighted by Gasteiger charge is 2.37. The summed E-state index contributed by atoms with van der Waals surface area (Å²) in [5.41, 5.74) is 5.53. The molecule has 5 nitrogen and oxygen atoms in total. The molecule has 3 rings (SSSR count). The van der Waals surface area contributed by atoms with Crippen molar-refractivity contribution in [2.45, 2.75) is 19.0 Å². The number of anilines is 1. The Balaban J connectivity index is 0.00000341. The number of benzene rings is 1. The highest BCUT2D eigenvalue weighted by molar-refractivity contribution is 6.09. The molecule has 2 aromatic heterocycles. The van der Waals surface area contributed by atoms with Crippen molar-refractivity contribution in [1.82, 2.24) is 9.97 Å². The van der Waals surface area contributed by atoms with Crippen molar-refractivity contribution in [3.05, 3.63) is 88.9 Å². The number of rotatable bonds is 7. The summed E-state index contributed by atoms with van der Waals surface area (Å²) >= 11 is 0. The maximum absolute atomic E-state index is 13.5. The summed E-state index contributed by atoms with van der Waals surface area (Å²) in [6, 6.07) is 14.6. The number of hydrogen-bond donors (Lipinski definition) is 2. The number of ketones is 1. The second-order valence-corrected chi connectivity index (χ2v) is 6.78. The zero-order valence-electron chi connectivity index (χ0n) is 16.3. The number of pyridine rings is 2. The van der Waals surface area contributed by atoms with Gasteiger partial charge >= 0.3 is 6.18 Å². The minimum Gasteiger partial charge on any atom is -0.369 e. The van der Waals surface area contributed by atoms with Crippen LogP contribution < -0.4 is 11.1 Å². The number of carbonyl (C=O) groups excluding carboxylic acids is 1. The third-order valence-corrected chi connectivity index (χ3v) is 4.75. The first-order chi connectivity index (χ1) is 14.3. The molecule has 0 saturated carbocycles. The van der Waals surface area contributed by atoms with Crippen molar-refractivity contribution < 1.29 is 22.2 Å².